The van der Waals surface area contributed by atoms with E-state index in [1.54, 1.807) is 17.4 Å². The minimum absolute atomic E-state index is 1.28. The first kappa shape index (κ1) is 8.02. The lowest BCUT2D eigenvalue weighted by Crippen LogP contribution is -1.53. The van der Waals surface area contributed by atoms with Crippen LogP contribution < -0.4 is 0 Å². The molecule has 0 amide bonds. The highest BCUT2D eigenvalue weighted by molar-refractivity contribution is 7.10. The lowest BCUT2D eigenvalue weighted by Gasteiger charge is -1.77. The van der Waals surface area contributed by atoms with Gasteiger partial charge in [-0.2, -0.15) is 0 Å². The van der Waals surface area contributed by atoms with E-state index in [0.29, 0.717) is 0 Å². The fraction of sp³-hybridized carbons (Fsp3) is 0. The van der Waals surface area contributed by atoms with E-state index in [1.807, 2.05) is 24.3 Å². The predicted molar refractivity (Wildman–Crippen MR) is 52.7 cm³/mol. The minimum atomic E-state index is 1.28. The molecule has 1 aromatic heterocycles. The van der Waals surface area contributed by atoms with Crippen LogP contribution in [0.2, 0.25) is 0 Å². The Bertz CT molecular complexity index is 252. The van der Waals surface area contributed by atoms with Gasteiger partial charge in [0.15, 0.2) is 0 Å². The van der Waals surface area contributed by atoms with E-state index in [2.05, 4.69) is 24.1 Å². The second-order valence-corrected chi connectivity index (χ2v) is 2.97. The average molecular weight is 162 g/mol. The minimum Gasteiger partial charge on any atom is -0.144 e. The van der Waals surface area contributed by atoms with Crippen LogP contribution >= 0.6 is 11.3 Å². The van der Waals surface area contributed by atoms with Crippen LogP contribution in [0.15, 0.2) is 48.4 Å². The van der Waals surface area contributed by atoms with Crippen LogP contribution in [-0.4, -0.2) is 0 Å². The van der Waals surface area contributed by atoms with Crippen molar-refractivity contribution in [3.63, 3.8) is 0 Å². The number of hydrogen-bond donors (Lipinski definition) is 0. The van der Waals surface area contributed by atoms with Crippen molar-refractivity contribution in [3.05, 3.63) is 53.3 Å². The Labute approximate surface area is 71.2 Å². The summed E-state index contributed by atoms with van der Waals surface area (Å²) in [4.78, 5) is 1.28. The Morgan fingerprint density at radius 1 is 1.27 bits per heavy atom. The van der Waals surface area contributed by atoms with Gasteiger partial charge in [-0.1, -0.05) is 36.9 Å². The lowest BCUT2D eigenvalue weighted by molar-refractivity contribution is 1.92. The molecule has 0 unspecified atom stereocenters. The van der Waals surface area contributed by atoms with Crippen LogP contribution in [0.3, 0.4) is 0 Å². The van der Waals surface area contributed by atoms with Crippen molar-refractivity contribution in [2.24, 2.45) is 0 Å². The molecule has 1 heterocycles. The molecule has 1 aromatic rings. The SMILES string of the molecule is C=C/C=C\C=C\c1cccs1. The molecule has 0 bridgehead atoms. The van der Waals surface area contributed by atoms with E-state index in [4.69, 9.17) is 0 Å². The van der Waals surface area contributed by atoms with E-state index >= 15 is 0 Å². The Kier molecular flexibility index (Phi) is 3.42. The second-order valence-electron chi connectivity index (χ2n) is 2.00. The molecule has 0 aromatic carbocycles. The van der Waals surface area contributed by atoms with E-state index in [1.165, 1.54) is 4.88 Å². The summed E-state index contributed by atoms with van der Waals surface area (Å²) in [6.45, 7) is 3.58. The molecule has 0 aliphatic heterocycles. The van der Waals surface area contributed by atoms with E-state index in [0.717, 1.165) is 0 Å². The topological polar surface area (TPSA) is 0 Å². The molecule has 0 spiro atoms. The first-order valence-corrected chi connectivity index (χ1v) is 4.31. The van der Waals surface area contributed by atoms with Crippen molar-refractivity contribution in [3.8, 4) is 0 Å². The summed E-state index contributed by atoms with van der Waals surface area (Å²) in [6.07, 6.45) is 9.72. The maximum Gasteiger partial charge on any atom is 0.0270 e. The highest BCUT2D eigenvalue weighted by atomic mass is 32.1. The van der Waals surface area contributed by atoms with Gasteiger partial charge in [-0.3, -0.25) is 0 Å². The third-order valence-corrected chi connectivity index (χ3v) is 2.00. The summed E-state index contributed by atoms with van der Waals surface area (Å²) in [7, 11) is 0. The van der Waals surface area contributed by atoms with Gasteiger partial charge < -0.3 is 0 Å². The van der Waals surface area contributed by atoms with Gasteiger partial charge in [-0.15, -0.1) is 11.3 Å². The zero-order valence-electron chi connectivity index (χ0n) is 6.23. The Morgan fingerprint density at radius 3 is 2.82 bits per heavy atom. The highest BCUT2D eigenvalue weighted by Crippen LogP contribution is 2.09. The fourth-order valence-corrected chi connectivity index (χ4v) is 1.31. The smallest absolute Gasteiger partial charge is 0.0270 e. The molecule has 0 saturated heterocycles. The number of hydrogen-bond acceptors (Lipinski definition) is 1. The molecule has 11 heavy (non-hydrogen) atoms. The van der Waals surface area contributed by atoms with Crippen molar-refractivity contribution in [1.82, 2.24) is 0 Å². The Balaban J connectivity index is 2.49. The molecule has 0 N–H and O–H groups in total. The summed E-state index contributed by atoms with van der Waals surface area (Å²) in [6, 6.07) is 4.13. The van der Waals surface area contributed by atoms with Crippen molar-refractivity contribution in [2.75, 3.05) is 0 Å². The maximum absolute atomic E-state index is 3.58. The number of allylic oxidation sites excluding steroid dienone is 4. The monoisotopic (exact) mass is 162 g/mol. The summed E-state index contributed by atoms with van der Waals surface area (Å²) in [5, 5.41) is 2.07. The van der Waals surface area contributed by atoms with E-state index in [9.17, 15) is 0 Å². The van der Waals surface area contributed by atoms with Crippen LogP contribution in [0.5, 0.6) is 0 Å². The van der Waals surface area contributed by atoms with Crippen molar-refractivity contribution in [1.29, 1.82) is 0 Å². The van der Waals surface area contributed by atoms with Gasteiger partial charge in [0.25, 0.3) is 0 Å². The third-order valence-electron chi connectivity index (χ3n) is 1.16. The average Bonchev–Trinajstić information content (AvgIpc) is 2.50. The Morgan fingerprint density at radius 2 is 2.18 bits per heavy atom. The molecular weight excluding hydrogens is 152 g/mol. The predicted octanol–water partition coefficient (Wildman–Crippen LogP) is 3.50. The molecule has 1 heteroatoms. The van der Waals surface area contributed by atoms with Crippen LogP contribution in [0.25, 0.3) is 6.08 Å². The first-order chi connectivity index (χ1) is 5.43. The first-order valence-electron chi connectivity index (χ1n) is 3.43. The standard InChI is InChI=1S/C10H10S/c1-2-3-4-5-7-10-8-6-9-11-10/h2-9H,1H2/b4-3-,7-5+. The molecule has 0 nitrogen and oxygen atoms in total. The molecule has 0 aliphatic carbocycles. The fourth-order valence-electron chi connectivity index (χ4n) is 0.679. The largest absolute Gasteiger partial charge is 0.144 e. The van der Waals surface area contributed by atoms with E-state index < -0.39 is 0 Å². The van der Waals surface area contributed by atoms with Gasteiger partial charge in [0.05, 0.1) is 0 Å². The second kappa shape index (κ2) is 4.69. The quantitative estimate of drug-likeness (QED) is 0.597. The molecular formula is C10H10S. The molecule has 0 fully saturated rings. The normalized spacial score (nSPS) is 11.3. The van der Waals surface area contributed by atoms with Crippen molar-refractivity contribution < 1.29 is 0 Å². The molecule has 56 valence electrons. The van der Waals surface area contributed by atoms with Gasteiger partial charge in [0, 0.05) is 4.88 Å². The molecule has 0 atom stereocenters. The van der Waals surface area contributed by atoms with Crippen LogP contribution in [0, 0.1) is 0 Å². The molecule has 0 aliphatic rings. The van der Waals surface area contributed by atoms with Gasteiger partial charge in [0.1, 0.15) is 0 Å². The molecule has 0 radical (unpaired) electrons. The zero-order valence-corrected chi connectivity index (χ0v) is 7.05. The van der Waals surface area contributed by atoms with Gasteiger partial charge in [0.2, 0.25) is 0 Å². The van der Waals surface area contributed by atoms with Crippen LogP contribution in [0.4, 0.5) is 0 Å². The maximum atomic E-state index is 3.58. The lowest BCUT2D eigenvalue weighted by atomic mass is 10.4. The van der Waals surface area contributed by atoms with Gasteiger partial charge >= 0.3 is 0 Å². The van der Waals surface area contributed by atoms with Gasteiger partial charge in [-0.05, 0) is 17.5 Å². The van der Waals surface area contributed by atoms with Crippen molar-refractivity contribution >= 4 is 17.4 Å². The third kappa shape index (κ3) is 3.01. The number of thiophene rings is 1. The summed E-state index contributed by atoms with van der Waals surface area (Å²) >= 11 is 1.73. The summed E-state index contributed by atoms with van der Waals surface area (Å²) in [5.74, 6) is 0. The van der Waals surface area contributed by atoms with E-state index in [-0.39, 0.29) is 0 Å². The highest BCUT2D eigenvalue weighted by Gasteiger charge is 1.81. The zero-order chi connectivity index (χ0) is 7.94. The Hall–Kier alpha value is -1.08. The van der Waals surface area contributed by atoms with Crippen LogP contribution in [0.1, 0.15) is 4.88 Å². The number of rotatable bonds is 3. The molecule has 1 rings (SSSR count). The van der Waals surface area contributed by atoms with Crippen LogP contribution in [-0.2, 0) is 0 Å². The molecule has 0 saturated carbocycles. The summed E-state index contributed by atoms with van der Waals surface area (Å²) in [5.41, 5.74) is 0. The van der Waals surface area contributed by atoms with Crippen molar-refractivity contribution in [2.45, 2.75) is 0 Å². The van der Waals surface area contributed by atoms with Gasteiger partial charge in [-0.25, -0.2) is 0 Å². The summed E-state index contributed by atoms with van der Waals surface area (Å²) < 4.78 is 0.